The molecule has 0 aliphatic carbocycles. The number of anilines is 2. The minimum Gasteiger partial charge on any atom is -0.442 e. The van der Waals surface area contributed by atoms with Crippen LogP contribution in [-0.2, 0) is 9.53 Å². The summed E-state index contributed by atoms with van der Waals surface area (Å²) in [6.07, 6.45) is -0.0662. The minimum absolute atomic E-state index is 0.0420. The predicted octanol–water partition coefficient (Wildman–Crippen LogP) is -0.0506. The second kappa shape index (κ2) is 8.41. The Morgan fingerprint density at radius 2 is 2.00 bits per heavy atom. The van der Waals surface area contributed by atoms with Gasteiger partial charge >= 0.3 is 6.09 Å². The lowest BCUT2D eigenvalue weighted by Gasteiger charge is -2.37. The molecular weight excluding hydrogens is 414 g/mol. The van der Waals surface area contributed by atoms with Crippen LogP contribution in [0.1, 0.15) is 19.8 Å². The number of hydrogen-bond acceptors (Lipinski definition) is 9. The summed E-state index contributed by atoms with van der Waals surface area (Å²) in [4.78, 5) is 26.0. The summed E-state index contributed by atoms with van der Waals surface area (Å²) in [6, 6.07) is 2.30. The Morgan fingerprint density at radius 1 is 1.32 bits per heavy atom. The van der Waals surface area contributed by atoms with E-state index in [1.165, 1.54) is 6.92 Å². The van der Waals surface area contributed by atoms with Crippen LogP contribution in [-0.4, -0.2) is 61.3 Å². The summed E-state index contributed by atoms with van der Waals surface area (Å²) in [5.74, 6) is -1.46. The lowest BCUT2D eigenvalue weighted by molar-refractivity contribution is -0.119. The van der Waals surface area contributed by atoms with Crippen molar-refractivity contribution in [3.05, 3.63) is 23.8 Å². The summed E-state index contributed by atoms with van der Waals surface area (Å²) in [5.41, 5.74) is 11.1. The minimum atomic E-state index is -0.756. The average Bonchev–Trinajstić information content (AvgIpc) is 3.31. The zero-order chi connectivity index (χ0) is 22.1. The number of benzene rings is 1. The van der Waals surface area contributed by atoms with Gasteiger partial charge in [0.25, 0.3) is 0 Å². The second-order valence-electron chi connectivity index (χ2n) is 7.59. The molecule has 0 saturated carbocycles. The number of amides is 2. The number of hydrogen-bond donors (Lipinski definition) is 4. The van der Waals surface area contributed by atoms with Crippen molar-refractivity contribution in [3.8, 4) is 0 Å². The third kappa shape index (κ3) is 4.26. The number of hydrazone groups is 1. The number of cyclic esters (lactones) is 1. The maximum Gasteiger partial charge on any atom is 0.414 e. The molecule has 11 nitrogen and oxygen atoms in total. The molecule has 1 aromatic carbocycles. The van der Waals surface area contributed by atoms with Crippen molar-refractivity contribution >= 4 is 29.3 Å². The second-order valence-corrected chi connectivity index (χ2v) is 7.59. The number of nitrogens with one attached hydrogen (secondary N) is 3. The Bertz CT molecular complexity index is 883. The van der Waals surface area contributed by atoms with Gasteiger partial charge in [0.2, 0.25) is 11.9 Å². The molecule has 2 amide bonds. The average molecular weight is 438 g/mol. The SMILES string of the molecule is CC(=O)NC[C@H]1CN(c2cc(F)c(N3CCC(N4NNN=C4N)CC3)c(F)c2)C(=O)O1. The number of ether oxygens (including phenoxy) is 1. The standard InChI is InChI=1S/C18H24F2N8O3/c1-10(29)22-8-13-9-27(18(30)31-13)12-6-14(19)16(15(20)7-12)26-4-2-11(3-5-26)28-17(21)23-24-25-28/h6-7,11,13,24-25H,2-5,8-9H2,1H3,(H2,21,23)(H,22,29)/t13-/m0/s1. The summed E-state index contributed by atoms with van der Waals surface area (Å²) in [5, 5.41) is 8.09. The van der Waals surface area contributed by atoms with Gasteiger partial charge in [0, 0.05) is 32.1 Å². The van der Waals surface area contributed by atoms with E-state index in [1.54, 1.807) is 9.91 Å². The monoisotopic (exact) mass is 438 g/mol. The van der Waals surface area contributed by atoms with Crippen LogP contribution >= 0.6 is 0 Å². The fraction of sp³-hybridized carbons (Fsp3) is 0.500. The Labute approximate surface area is 177 Å². The number of nitrogens with zero attached hydrogens (tertiary/aromatic N) is 4. The zero-order valence-corrected chi connectivity index (χ0v) is 16.9. The number of hydrazine groups is 2. The number of carbonyl (C=O) groups excluding carboxylic acids is 2. The highest BCUT2D eigenvalue weighted by Crippen LogP contribution is 2.32. The molecule has 3 heterocycles. The van der Waals surface area contributed by atoms with E-state index >= 15 is 0 Å². The molecule has 0 aromatic heterocycles. The van der Waals surface area contributed by atoms with Crippen molar-refractivity contribution < 1.29 is 23.1 Å². The van der Waals surface area contributed by atoms with Crippen LogP contribution in [0.2, 0.25) is 0 Å². The van der Waals surface area contributed by atoms with E-state index < -0.39 is 23.8 Å². The van der Waals surface area contributed by atoms with Crippen molar-refractivity contribution in [1.82, 2.24) is 21.4 Å². The molecule has 5 N–H and O–H groups in total. The Morgan fingerprint density at radius 3 is 2.58 bits per heavy atom. The molecule has 4 rings (SSSR count). The van der Waals surface area contributed by atoms with Crippen LogP contribution in [0.4, 0.5) is 25.0 Å². The van der Waals surface area contributed by atoms with Crippen LogP contribution in [0.5, 0.6) is 0 Å². The maximum atomic E-state index is 14.9. The Hall–Kier alpha value is -3.35. The number of halogens is 2. The lowest BCUT2D eigenvalue weighted by Crippen LogP contribution is -2.54. The predicted molar refractivity (Wildman–Crippen MR) is 108 cm³/mol. The lowest BCUT2D eigenvalue weighted by atomic mass is 10.0. The van der Waals surface area contributed by atoms with E-state index in [0.717, 1.165) is 17.0 Å². The smallest absolute Gasteiger partial charge is 0.414 e. The van der Waals surface area contributed by atoms with Gasteiger partial charge in [0.05, 0.1) is 24.8 Å². The van der Waals surface area contributed by atoms with Gasteiger partial charge in [-0.15, -0.1) is 10.6 Å². The van der Waals surface area contributed by atoms with Crippen molar-refractivity contribution in [1.29, 1.82) is 0 Å². The largest absolute Gasteiger partial charge is 0.442 e. The van der Waals surface area contributed by atoms with Crippen LogP contribution in [0.15, 0.2) is 17.2 Å². The molecule has 2 fully saturated rings. The summed E-state index contributed by atoms with van der Waals surface area (Å²) >= 11 is 0. The van der Waals surface area contributed by atoms with Crippen molar-refractivity contribution in [2.24, 2.45) is 10.8 Å². The number of carbonyl (C=O) groups is 2. The molecule has 1 aromatic rings. The molecule has 0 radical (unpaired) electrons. The van der Waals surface area contributed by atoms with E-state index in [2.05, 4.69) is 21.5 Å². The number of guanidine groups is 1. The van der Waals surface area contributed by atoms with Crippen molar-refractivity contribution in [3.63, 3.8) is 0 Å². The topological polar surface area (TPSA) is 128 Å². The van der Waals surface area contributed by atoms with E-state index in [1.807, 2.05) is 0 Å². The van der Waals surface area contributed by atoms with Crippen LogP contribution in [0, 0.1) is 11.6 Å². The highest BCUT2D eigenvalue weighted by molar-refractivity contribution is 5.90. The van der Waals surface area contributed by atoms with E-state index in [4.69, 9.17) is 10.5 Å². The molecule has 1 atom stereocenters. The number of piperidine rings is 1. The zero-order valence-electron chi connectivity index (χ0n) is 16.9. The third-order valence-corrected chi connectivity index (χ3v) is 5.50. The molecule has 0 unspecified atom stereocenters. The normalized spacial score (nSPS) is 21.8. The van der Waals surface area contributed by atoms with Gasteiger partial charge in [-0.2, -0.15) is 0 Å². The number of nitrogens with two attached hydrogens (primary N) is 1. The van der Waals surface area contributed by atoms with Gasteiger partial charge < -0.3 is 20.7 Å². The van der Waals surface area contributed by atoms with Crippen molar-refractivity contribution in [2.45, 2.75) is 31.9 Å². The van der Waals surface area contributed by atoms with Gasteiger partial charge in [-0.05, 0) is 12.8 Å². The summed E-state index contributed by atoms with van der Waals surface area (Å²) in [7, 11) is 0. The first-order chi connectivity index (χ1) is 14.8. The summed E-state index contributed by atoms with van der Waals surface area (Å²) < 4.78 is 35.0. The molecular formula is C18H24F2N8O3. The molecule has 2 saturated heterocycles. The molecule has 31 heavy (non-hydrogen) atoms. The fourth-order valence-corrected chi connectivity index (χ4v) is 3.98. The summed E-state index contributed by atoms with van der Waals surface area (Å²) in [6.45, 7) is 2.42. The first kappa shape index (κ1) is 20.9. The molecule has 168 valence electrons. The Balaban J connectivity index is 1.43. The van der Waals surface area contributed by atoms with Crippen LogP contribution in [0.3, 0.4) is 0 Å². The van der Waals surface area contributed by atoms with Gasteiger partial charge in [-0.25, -0.2) is 19.1 Å². The quantitative estimate of drug-likeness (QED) is 0.504. The van der Waals surface area contributed by atoms with E-state index in [9.17, 15) is 18.4 Å². The van der Waals surface area contributed by atoms with Crippen molar-refractivity contribution in [2.75, 3.05) is 36.0 Å². The van der Waals surface area contributed by atoms with Gasteiger partial charge in [-0.1, -0.05) is 0 Å². The van der Waals surface area contributed by atoms with Crippen LogP contribution < -0.4 is 31.9 Å². The Kier molecular flexibility index (Phi) is 5.67. The highest BCUT2D eigenvalue weighted by Gasteiger charge is 2.35. The highest BCUT2D eigenvalue weighted by atomic mass is 19.1. The molecule has 3 aliphatic rings. The first-order valence-electron chi connectivity index (χ1n) is 9.93. The number of rotatable bonds is 5. The molecule has 0 spiro atoms. The molecule has 0 bridgehead atoms. The van der Waals surface area contributed by atoms with Crippen LogP contribution in [0.25, 0.3) is 0 Å². The molecule has 3 aliphatic heterocycles. The van der Waals surface area contributed by atoms with Gasteiger partial charge in [-0.3, -0.25) is 14.7 Å². The third-order valence-electron chi connectivity index (χ3n) is 5.50. The fourth-order valence-electron chi connectivity index (χ4n) is 3.98. The van der Waals surface area contributed by atoms with E-state index in [0.29, 0.717) is 31.9 Å². The molecule has 13 heteroatoms. The maximum absolute atomic E-state index is 14.9. The van der Waals surface area contributed by atoms with Gasteiger partial charge in [0.15, 0.2) is 11.6 Å². The first-order valence-corrected chi connectivity index (χ1v) is 9.93. The van der Waals surface area contributed by atoms with E-state index in [-0.39, 0.29) is 36.4 Å². The van der Waals surface area contributed by atoms with Gasteiger partial charge in [0.1, 0.15) is 11.8 Å².